The molecule has 4 aromatic rings. The molecule has 0 aliphatic heterocycles. The summed E-state index contributed by atoms with van der Waals surface area (Å²) in [4.78, 5) is 24.8. The first-order valence-corrected chi connectivity index (χ1v) is 11.6. The van der Waals surface area contributed by atoms with Crippen molar-refractivity contribution < 1.29 is 14.7 Å². The van der Waals surface area contributed by atoms with Crippen molar-refractivity contribution in [1.29, 1.82) is 0 Å². The average Bonchev–Trinajstić information content (AvgIpc) is 3.48. The van der Waals surface area contributed by atoms with Crippen LogP contribution in [0.3, 0.4) is 0 Å². The number of benzene rings is 2. The van der Waals surface area contributed by atoms with Gasteiger partial charge in [0.1, 0.15) is 10.6 Å². The number of fused-ring (bicyclic) bond motifs is 1. The van der Waals surface area contributed by atoms with Gasteiger partial charge in [-0.15, -0.1) is 11.3 Å². The molecule has 180 valence electrons. The molecule has 35 heavy (non-hydrogen) atoms. The number of carboxylic acid groups (broad SMARTS) is 1. The van der Waals surface area contributed by atoms with Crippen LogP contribution in [0.5, 0.6) is 0 Å². The van der Waals surface area contributed by atoms with E-state index in [-0.39, 0.29) is 0 Å². The topological polar surface area (TPSA) is 94.2 Å². The molecule has 2 aromatic heterocycles. The van der Waals surface area contributed by atoms with Crippen molar-refractivity contribution >= 4 is 56.8 Å². The van der Waals surface area contributed by atoms with Crippen LogP contribution < -0.4 is 10.6 Å². The van der Waals surface area contributed by atoms with Crippen LogP contribution in [0.4, 0.5) is 10.7 Å². The van der Waals surface area contributed by atoms with Crippen molar-refractivity contribution in [1.82, 2.24) is 4.98 Å². The molecular weight excluding hydrogens is 482 g/mol. The predicted octanol–water partition coefficient (Wildman–Crippen LogP) is 7.25. The van der Waals surface area contributed by atoms with Crippen LogP contribution in [0.25, 0.3) is 22.0 Å². The van der Waals surface area contributed by atoms with E-state index in [0.717, 1.165) is 39.6 Å². The van der Waals surface area contributed by atoms with Crippen molar-refractivity contribution in [3.8, 4) is 11.1 Å². The minimum Gasteiger partial charge on any atom is -0.478 e. The third-order valence-electron chi connectivity index (χ3n) is 4.84. The Morgan fingerprint density at radius 3 is 2.29 bits per heavy atom. The summed E-state index contributed by atoms with van der Waals surface area (Å²) in [7, 11) is 3.55. The van der Waals surface area contributed by atoms with E-state index < -0.39 is 5.97 Å². The molecule has 0 amide bonds. The monoisotopic (exact) mass is 507 g/mol. The normalized spacial score (nSPS) is 9.49. The van der Waals surface area contributed by atoms with Crippen LogP contribution in [0.15, 0.2) is 72.5 Å². The number of carbonyl (C=O) groups is 2. The van der Waals surface area contributed by atoms with E-state index in [4.69, 9.17) is 11.6 Å². The minimum atomic E-state index is -0.897. The molecule has 0 fully saturated rings. The molecule has 2 heterocycles. The summed E-state index contributed by atoms with van der Waals surface area (Å²) >= 11 is 7.32. The van der Waals surface area contributed by atoms with Crippen molar-refractivity contribution in [2.45, 2.75) is 6.92 Å². The molecule has 8 heteroatoms. The number of aromatic carboxylic acids is 1. The van der Waals surface area contributed by atoms with Crippen molar-refractivity contribution in [2.75, 3.05) is 24.7 Å². The molecule has 0 saturated heterocycles. The molecule has 0 radical (unpaired) electrons. The van der Waals surface area contributed by atoms with Gasteiger partial charge in [-0.05, 0) is 43.8 Å². The average molecular weight is 508 g/mol. The zero-order valence-corrected chi connectivity index (χ0v) is 21.2. The molecule has 4 rings (SSSR count). The molecule has 0 aliphatic rings. The highest BCUT2D eigenvalue weighted by Crippen LogP contribution is 2.35. The van der Waals surface area contributed by atoms with Gasteiger partial charge in [0.2, 0.25) is 0 Å². The number of hydrogen-bond donors (Lipinski definition) is 4. The Balaban J connectivity index is 0.000000217. The smallest absolute Gasteiger partial charge is 0.339 e. The number of carbonyl (C=O) groups excluding carboxylic acids is 1. The van der Waals surface area contributed by atoms with E-state index in [1.165, 1.54) is 11.3 Å². The Kier molecular flexibility index (Phi) is 10.2. The van der Waals surface area contributed by atoms with Gasteiger partial charge in [-0.2, -0.15) is 0 Å². The molecule has 2 aromatic carbocycles. The van der Waals surface area contributed by atoms with Gasteiger partial charge in [0.15, 0.2) is 6.29 Å². The Morgan fingerprint density at radius 2 is 1.77 bits per heavy atom. The third kappa shape index (κ3) is 7.00. The number of thiophene rings is 1. The lowest BCUT2D eigenvalue weighted by Gasteiger charge is -2.03. The van der Waals surface area contributed by atoms with Gasteiger partial charge in [-0.25, -0.2) is 4.79 Å². The number of carboxylic acids is 1. The quantitative estimate of drug-likeness (QED) is 0.168. The first-order valence-electron chi connectivity index (χ1n) is 10.4. The first kappa shape index (κ1) is 27.3. The van der Waals surface area contributed by atoms with Crippen molar-refractivity contribution in [3.63, 3.8) is 0 Å². The second-order valence-corrected chi connectivity index (χ2v) is 8.45. The van der Waals surface area contributed by atoms with E-state index in [0.29, 0.717) is 21.3 Å². The fraction of sp³-hybridized carbons (Fsp3) is 0.111. The Morgan fingerprint density at radius 1 is 1.11 bits per heavy atom. The molecule has 0 saturated carbocycles. The summed E-state index contributed by atoms with van der Waals surface area (Å²) in [5.74, 6) is -0.897. The number of halogens is 1. The SMILES string of the molecule is C=C=C=C.CNc1cc(Cl)cc2[nH]c(C=O)cc12.CNc1scc(-c2ccc(C)cc2)c1C(=O)O. The number of aromatic nitrogens is 1. The molecule has 0 atom stereocenters. The summed E-state index contributed by atoms with van der Waals surface area (Å²) in [6.45, 7) is 8.37. The van der Waals surface area contributed by atoms with Gasteiger partial charge in [0.25, 0.3) is 0 Å². The molecule has 0 aliphatic carbocycles. The molecule has 0 bridgehead atoms. The van der Waals surface area contributed by atoms with Crippen LogP contribution in [-0.2, 0) is 0 Å². The number of nitrogens with one attached hydrogen (secondary N) is 3. The maximum atomic E-state index is 11.3. The number of rotatable bonds is 5. The lowest BCUT2D eigenvalue weighted by Crippen LogP contribution is -2.00. The predicted molar refractivity (Wildman–Crippen MR) is 148 cm³/mol. The molecule has 6 nitrogen and oxygen atoms in total. The second-order valence-electron chi connectivity index (χ2n) is 7.14. The van der Waals surface area contributed by atoms with Gasteiger partial charge in [0, 0.05) is 46.7 Å². The zero-order chi connectivity index (χ0) is 26.0. The summed E-state index contributed by atoms with van der Waals surface area (Å²) in [6, 6.07) is 13.3. The Hall–Kier alpha value is -3.99. The van der Waals surface area contributed by atoms with Crippen LogP contribution in [0.2, 0.25) is 5.02 Å². The molecule has 0 spiro atoms. The maximum absolute atomic E-state index is 11.3. The van der Waals surface area contributed by atoms with Gasteiger partial charge in [-0.1, -0.05) is 52.9 Å². The zero-order valence-electron chi connectivity index (χ0n) is 19.7. The maximum Gasteiger partial charge on any atom is 0.339 e. The summed E-state index contributed by atoms with van der Waals surface area (Å²) < 4.78 is 0. The van der Waals surface area contributed by atoms with Crippen LogP contribution in [0.1, 0.15) is 26.4 Å². The van der Waals surface area contributed by atoms with Crippen molar-refractivity contribution in [2.24, 2.45) is 0 Å². The number of aryl methyl sites for hydroxylation is 1. The Labute approximate surface area is 213 Å². The lowest BCUT2D eigenvalue weighted by atomic mass is 10.0. The summed E-state index contributed by atoms with van der Waals surface area (Å²) in [5, 5.41) is 19.4. The molecular formula is C27H26ClN3O3S. The van der Waals surface area contributed by atoms with E-state index in [2.05, 4.69) is 40.2 Å². The fourth-order valence-electron chi connectivity index (χ4n) is 3.19. The van der Waals surface area contributed by atoms with Gasteiger partial charge >= 0.3 is 5.97 Å². The largest absolute Gasteiger partial charge is 0.478 e. The number of hydrogen-bond acceptors (Lipinski definition) is 5. The van der Waals surface area contributed by atoms with Crippen molar-refractivity contribution in [3.05, 3.63) is 94.3 Å². The highest BCUT2D eigenvalue weighted by molar-refractivity contribution is 7.15. The number of aldehydes is 1. The Bertz CT molecular complexity index is 1380. The number of anilines is 2. The van der Waals surface area contributed by atoms with Gasteiger partial charge < -0.3 is 20.7 Å². The first-order chi connectivity index (χ1) is 16.8. The van der Waals surface area contributed by atoms with Crippen LogP contribution in [-0.4, -0.2) is 36.4 Å². The lowest BCUT2D eigenvalue weighted by molar-refractivity contribution is 0.0699. The summed E-state index contributed by atoms with van der Waals surface area (Å²) in [5.41, 5.74) is 10.2. The van der Waals surface area contributed by atoms with E-state index >= 15 is 0 Å². The third-order valence-corrected chi connectivity index (χ3v) is 6.06. The number of aromatic amines is 1. The molecule has 4 N–H and O–H groups in total. The van der Waals surface area contributed by atoms with E-state index in [1.807, 2.05) is 49.7 Å². The van der Waals surface area contributed by atoms with Gasteiger partial charge in [0.05, 0.1) is 5.69 Å². The summed E-state index contributed by atoms with van der Waals surface area (Å²) in [6.07, 6.45) is 0.785. The van der Waals surface area contributed by atoms with Crippen LogP contribution in [0, 0.1) is 6.92 Å². The molecule has 0 unspecified atom stereocenters. The van der Waals surface area contributed by atoms with Gasteiger partial charge in [-0.3, -0.25) is 4.79 Å². The highest BCUT2D eigenvalue weighted by Gasteiger charge is 2.18. The number of H-pyrrole nitrogens is 1. The van der Waals surface area contributed by atoms with E-state index in [9.17, 15) is 14.7 Å². The second kappa shape index (κ2) is 13.0. The fourth-order valence-corrected chi connectivity index (χ4v) is 4.33. The highest BCUT2D eigenvalue weighted by atomic mass is 35.5. The standard InChI is InChI=1S/C13H13NO2S.C10H9ClN2O.C4H4/c1-8-3-5-9(6-4-8)10-7-17-12(14-2)11(10)13(15)16;1-12-9-2-6(11)3-10-8(9)4-7(5-14)13-10;1-3-4-2/h3-7,14H,1-2H3,(H,15,16);2-5,12-13H,1H3;1-2H2. The minimum absolute atomic E-state index is 0.348. The van der Waals surface area contributed by atoms with Crippen LogP contribution >= 0.6 is 22.9 Å². The van der Waals surface area contributed by atoms with E-state index in [1.54, 1.807) is 19.2 Å².